The van der Waals surface area contributed by atoms with Gasteiger partial charge in [0.1, 0.15) is 5.75 Å². The van der Waals surface area contributed by atoms with Gasteiger partial charge in [0.15, 0.2) is 0 Å². The first-order valence-electron chi connectivity index (χ1n) is 5.85. The Morgan fingerprint density at radius 3 is 2.39 bits per heavy atom. The van der Waals surface area contributed by atoms with E-state index >= 15 is 0 Å². The van der Waals surface area contributed by atoms with Gasteiger partial charge in [0, 0.05) is 14.8 Å². The first-order valence-corrected chi connectivity index (χ1v) is 6.93. The molecule has 0 aliphatic heterocycles. The second-order valence-electron chi connectivity index (χ2n) is 4.11. The average Bonchev–Trinajstić information content (AvgIpc) is 2.41. The third kappa shape index (κ3) is 3.16. The number of halogens is 1. The lowest BCUT2D eigenvalue weighted by molar-refractivity contribution is 0.408. The molecule has 0 radical (unpaired) electrons. The van der Waals surface area contributed by atoms with Gasteiger partial charge in [-0.3, -0.25) is 0 Å². The molecule has 0 fully saturated rings. The Labute approximate surface area is 122 Å². The summed E-state index contributed by atoms with van der Waals surface area (Å²) in [5, 5.41) is 3.48. The van der Waals surface area contributed by atoms with Gasteiger partial charge in [-0.2, -0.15) is 0 Å². The molecule has 0 bridgehead atoms. The zero-order valence-corrected chi connectivity index (χ0v) is 12.6. The number of rotatable bonds is 4. The summed E-state index contributed by atoms with van der Waals surface area (Å²) in [7, 11) is 1.70. The lowest BCUT2D eigenvalue weighted by Crippen LogP contribution is -2.07. The third-order valence-electron chi connectivity index (χ3n) is 2.83. The van der Waals surface area contributed by atoms with Crippen molar-refractivity contribution in [2.24, 2.45) is 0 Å². The molecule has 0 heterocycles. The minimum Gasteiger partial charge on any atom is -0.496 e. The number of hydrogen-bond donors (Lipinski definition) is 1. The molecule has 0 amide bonds. The first kappa shape index (κ1) is 13.2. The maximum atomic E-state index is 5.38. The van der Waals surface area contributed by atoms with Crippen LogP contribution in [0.1, 0.15) is 18.5 Å². The zero-order valence-electron chi connectivity index (χ0n) is 10.5. The molecule has 2 rings (SSSR count). The zero-order chi connectivity index (χ0) is 13.0. The second-order valence-corrected chi connectivity index (χ2v) is 5.36. The van der Waals surface area contributed by atoms with Crippen LogP contribution in [0.15, 0.2) is 48.5 Å². The van der Waals surface area contributed by atoms with E-state index in [2.05, 4.69) is 65.2 Å². The fourth-order valence-corrected chi connectivity index (χ4v) is 2.26. The molecular formula is C15H16INO. The van der Waals surface area contributed by atoms with Gasteiger partial charge in [0.2, 0.25) is 0 Å². The van der Waals surface area contributed by atoms with Crippen molar-refractivity contribution in [1.82, 2.24) is 0 Å². The predicted molar refractivity (Wildman–Crippen MR) is 84.2 cm³/mol. The number of hydrogen-bond acceptors (Lipinski definition) is 2. The Bertz CT molecular complexity index is 510. The van der Waals surface area contributed by atoms with Crippen molar-refractivity contribution in [2.45, 2.75) is 13.0 Å². The van der Waals surface area contributed by atoms with E-state index in [-0.39, 0.29) is 6.04 Å². The van der Waals surface area contributed by atoms with Crippen molar-refractivity contribution in [1.29, 1.82) is 0 Å². The monoisotopic (exact) mass is 353 g/mol. The molecule has 0 aliphatic rings. The fourth-order valence-electron chi connectivity index (χ4n) is 1.90. The molecule has 2 aromatic carbocycles. The van der Waals surface area contributed by atoms with Crippen LogP contribution in [0.2, 0.25) is 0 Å². The van der Waals surface area contributed by atoms with Crippen LogP contribution in [0.25, 0.3) is 0 Å². The van der Waals surface area contributed by atoms with Crippen molar-refractivity contribution >= 4 is 28.3 Å². The Kier molecular flexibility index (Phi) is 4.47. The van der Waals surface area contributed by atoms with Crippen LogP contribution in [0, 0.1) is 3.57 Å². The summed E-state index contributed by atoms with van der Waals surface area (Å²) < 4.78 is 6.62. The molecule has 0 saturated carbocycles. The number of benzene rings is 2. The Hall–Kier alpha value is -1.23. The van der Waals surface area contributed by atoms with Crippen molar-refractivity contribution in [2.75, 3.05) is 12.4 Å². The number of ether oxygens (including phenoxy) is 1. The number of methoxy groups -OCH3 is 1. The Morgan fingerprint density at radius 2 is 1.72 bits per heavy atom. The molecule has 2 aromatic rings. The van der Waals surface area contributed by atoms with Gasteiger partial charge in [-0.1, -0.05) is 18.2 Å². The molecule has 0 aliphatic carbocycles. The number of nitrogens with one attached hydrogen (secondary N) is 1. The van der Waals surface area contributed by atoms with Crippen LogP contribution in [0.4, 0.5) is 5.69 Å². The normalized spacial score (nSPS) is 11.9. The van der Waals surface area contributed by atoms with Gasteiger partial charge < -0.3 is 10.1 Å². The van der Waals surface area contributed by atoms with E-state index in [0.29, 0.717) is 0 Å². The Balaban J connectivity index is 2.16. The summed E-state index contributed by atoms with van der Waals surface area (Å²) in [6.45, 7) is 2.13. The lowest BCUT2D eigenvalue weighted by atomic mass is 10.1. The molecule has 18 heavy (non-hydrogen) atoms. The van der Waals surface area contributed by atoms with Gasteiger partial charge in [0.05, 0.1) is 13.2 Å². The van der Waals surface area contributed by atoms with Gasteiger partial charge in [-0.15, -0.1) is 0 Å². The van der Waals surface area contributed by atoms with E-state index in [4.69, 9.17) is 4.74 Å². The highest BCUT2D eigenvalue weighted by Crippen LogP contribution is 2.27. The van der Waals surface area contributed by atoms with Crippen LogP contribution < -0.4 is 10.1 Å². The highest BCUT2D eigenvalue weighted by molar-refractivity contribution is 14.1. The van der Waals surface area contributed by atoms with Gasteiger partial charge >= 0.3 is 0 Å². The third-order valence-corrected chi connectivity index (χ3v) is 3.55. The summed E-state index contributed by atoms with van der Waals surface area (Å²) in [6.07, 6.45) is 0. The van der Waals surface area contributed by atoms with E-state index in [9.17, 15) is 0 Å². The summed E-state index contributed by atoms with van der Waals surface area (Å²) in [5.74, 6) is 0.919. The van der Waals surface area contributed by atoms with Crippen LogP contribution in [0.5, 0.6) is 5.75 Å². The summed E-state index contributed by atoms with van der Waals surface area (Å²) in [5.41, 5.74) is 2.28. The molecular weight excluding hydrogens is 337 g/mol. The molecule has 0 spiro atoms. The van der Waals surface area contributed by atoms with Crippen LogP contribution in [-0.4, -0.2) is 7.11 Å². The van der Waals surface area contributed by atoms with Crippen LogP contribution >= 0.6 is 22.6 Å². The van der Waals surface area contributed by atoms with Gasteiger partial charge in [0.25, 0.3) is 0 Å². The van der Waals surface area contributed by atoms with E-state index < -0.39 is 0 Å². The highest BCUT2D eigenvalue weighted by atomic mass is 127. The quantitative estimate of drug-likeness (QED) is 0.819. The summed E-state index contributed by atoms with van der Waals surface area (Å²) in [6, 6.07) is 16.7. The molecule has 0 aromatic heterocycles. The van der Waals surface area contributed by atoms with Gasteiger partial charge in [-0.05, 0) is 59.8 Å². The Morgan fingerprint density at radius 1 is 1.06 bits per heavy atom. The lowest BCUT2D eigenvalue weighted by Gasteiger charge is -2.18. The maximum absolute atomic E-state index is 5.38. The maximum Gasteiger partial charge on any atom is 0.124 e. The predicted octanol–water partition coefficient (Wildman–Crippen LogP) is 4.47. The van der Waals surface area contributed by atoms with E-state index in [0.717, 1.165) is 11.4 Å². The minimum atomic E-state index is 0.209. The molecule has 1 atom stereocenters. The topological polar surface area (TPSA) is 21.3 Å². The van der Waals surface area contributed by atoms with E-state index in [1.54, 1.807) is 7.11 Å². The van der Waals surface area contributed by atoms with Crippen molar-refractivity contribution in [3.8, 4) is 5.75 Å². The van der Waals surface area contributed by atoms with Crippen LogP contribution in [-0.2, 0) is 0 Å². The molecule has 0 saturated heterocycles. The first-order chi connectivity index (χ1) is 8.70. The fraction of sp³-hybridized carbons (Fsp3) is 0.200. The minimum absolute atomic E-state index is 0.209. The molecule has 1 unspecified atom stereocenters. The van der Waals surface area contributed by atoms with Crippen molar-refractivity contribution < 1.29 is 4.74 Å². The standard InChI is InChI=1S/C15H16INO/c1-11(14-5-3-4-6-15(14)18-2)17-13-9-7-12(16)8-10-13/h3-11,17H,1-2H3. The van der Waals surface area contributed by atoms with Crippen molar-refractivity contribution in [3.63, 3.8) is 0 Å². The van der Waals surface area contributed by atoms with E-state index in [1.807, 2.05) is 18.2 Å². The summed E-state index contributed by atoms with van der Waals surface area (Å²) >= 11 is 2.31. The number of para-hydroxylation sites is 1. The smallest absolute Gasteiger partial charge is 0.124 e. The van der Waals surface area contributed by atoms with Crippen LogP contribution in [0.3, 0.4) is 0 Å². The molecule has 1 N–H and O–H groups in total. The van der Waals surface area contributed by atoms with E-state index in [1.165, 1.54) is 9.13 Å². The molecule has 94 valence electrons. The van der Waals surface area contributed by atoms with Crippen molar-refractivity contribution in [3.05, 3.63) is 57.7 Å². The summed E-state index contributed by atoms with van der Waals surface area (Å²) in [4.78, 5) is 0. The largest absolute Gasteiger partial charge is 0.496 e. The van der Waals surface area contributed by atoms with Gasteiger partial charge in [-0.25, -0.2) is 0 Å². The number of anilines is 1. The SMILES string of the molecule is COc1ccccc1C(C)Nc1ccc(I)cc1. The molecule has 2 nitrogen and oxygen atoms in total. The highest BCUT2D eigenvalue weighted by Gasteiger charge is 2.10. The molecule has 3 heteroatoms. The second kappa shape index (κ2) is 6.09. The average molecular weight is 353 g/mol.